The van der Waals surface area contributed by atoms with Crippen molar-refractivity contribution < 1.29 is 0 Å². The van der Waals surface area contributed by atoms with Crippen LogP contribution in [0.25, 0.3) is 11.4 Å². The Morgan fingerprint density at radius 1 is 0.536 bits per heavy atom. The van der Waals surface area contributed by atoms with Gasteiger partial charge in [0.05, 0.1) is 0 Å². The first-order valence-electron chi connectivity index (χ1n) is 8.77. The van der Waals surface area contributed by atoms with E-state index in [1.807, 2.05) is 109 Å². The van der Waals surface area contributed by atoms with Crippen molar-refractivity contribution in [2.24, 2.45) is 0 Å². The Bertz CT molecular complexity index is 987. The Morgan fingerprint density at radius 2 is 1.00 bits per heavy atom. The molecule has 0 spiro atoms. The fourth-order valence-electron chi connectivity index (χ4n) is 2.29. The van der Waals surface area contributed by atoms with Crippen molar-refractivity contribution in [1.29, 1.82) is 0 Å². The highest BCUT2D eigenvalue weighted by atomic mass is 35.5. The molecule has 1 N–H and O–H groups in total. The Balaban J connectivity index is 1.99. The van der Waals surface area contributed by atoms with Gasteiger partial charge in [0.2, 0.25) is 11.2 Å². The largest absolute Gasteiger partial charge is 0.324 e. The molecule has 0 saturated heterocycles. The fourth-order valence-corrected chi connectivity index (χ4v) is 2.45. The maximum Gasteiger partial charge on any atom is 0.232 e. The van der Waals surface area contributed by atoms with Crippen molar-refractivity contribution in [3.8, 4) is 11.4 Å². The van der Waals surface area contributed by atoms with E-state index in [1.54, 1.807) is 0 Å². The highest BCUT2D eigenvalue weighted by Crippen LogP contribution is 2.18. The average Bonchev–Trinajstić information content (AvgIpc) is 2.70. The van der Waals surface area contributed by atoms with Crippen LogP contribution in [-0.4, -0.2) is 15.0 Å². The van der Waals surface area contributed by atoms with E-state index in [1.165, 1.54) is 0 Å². The molecular formula is C23H19ClN4. The molecule has 1 aromatic heterocycles. The lowest BCUT2D eigenvalue weighted by Crippen LogP contribution is -2.00. The minimum absolute atomic E-state index is 0.126. The number of rotatable bonds is 3. The topological polar surface area (TPSA) is 50.7 Å². The number of nitrogens with zero attached hydrogens (tertiary/aromatic N) is 3. The summed E-state index contributed by atoms with van der Waals surface area (Å²) in [6.07, 6.45) is 0. The fraction of sp³-hybridized carbons (Fsp3) is 0. The van der Waals surface area contributed by atoms with Crippen molar-refractivity contribution in [2.75, 3.05) is 5.32 Å². The van der Waals surface area contributed by atoms with Crippen LogP contribution in [0.3, 0.4) is 0 Å². The molecule has 0 unspecified atom stereocenters. The van der Waals surface area contributed by atoms with Crippen LogP contribution in [0.1, 0.15) is 0 Å². The van der Waals surface area contributed by atoms with Gasteiger partial charge in [-0.3, -0.25) is 0 Å². The van der Waals surface area contributed by atoms with Gasteiger partial charge >= 0.3 is 0 Å². The second-order valence-electron chi connectivity index (χ2n) is 5.65. The molecule has 3 aromatic rings. The summed E-state index contributed by atoms with van der Waals surface area (Å²) in [5.74, 6) is 0.867. The third-order valence-corrected chi connectivity index (χ3v) is 3.73. The minimum Gasteiger partial charge on any atom is -0.324 e. The second-order valence-corrected chi connectivity index (χ2v) is 5.99. The summed E-state index contributed by atoms with van der Waals surface area (Å²) in [4.78, 5) is 13.0. The SMILES string of the molecule is Clc1nc(Nc2ccccccccc2)nc(-c2ccccccccc2)n1. The minimum atomic E-state index is 0.126. The predicted octanol–water partition coefficient (Wildman–Crippen LogP) is 6.18. The summed E-state index contributed by atoms with van der Waals surface area (Å²) in [6.45, 7) is 0. The van der Waals surface area contributed by atoms with Crippen LogP contribution in [0.4, 0.5) is 11.6 Å². The number of anilines is 2. The smallest absolute Gasteiger partial charge is 0.232 e. The predicted molar refractivity (Wildman–Crippen MR) is 115 cm³/mol. The molecule has 0 amide bonds. The van der Waals surface area contributed by atoms with Gasteiger partial charge in [-0.05, 0) is 23.7 Å². The standard InChI is InChI=1S/C23H19ClN4/c24-22-26-21(19-15-11-7-3-1-4-8-12-16-19)27-23(28-22)25-20-17-13-9-5-2-6-10-14-18-20/h1-18H,(H,25,26,27,28). The van der Waals surface area contributed by atoms with E-state index in [0.717, 1.165) is 11.3 Å². The zero-order valence-electron chi connectivity index (χ0n) is 15.1. The molecule has 4 nitrogen and oxygen atoms in total. The van der Waals surface area contributed by atoms with Gasteiger partial charge in [-0.25, -0.2) is 0 Å². The summed E-state index contributed by atoms with van der Waals surface area (Å²) in [5, 5.41) is 3.32. The molecule has 0 saturated carbocycles. The highest BCUT2D eigenvalue weighted by Gasteiger charge is 2.06. The van der Waals surface area contributed by atoms with E-state index in [0.29, 0.717) is 11.8 Å². The third-order valence-electron chi connectivity index (χ3n) is 3.56. The van der Waals surface area contributed by atoms with Crippen LogP contribution in [0.2, 0.25) is 5.28 Å². The Kier molecular flexibility index (Phi) is 7.29. The molecule has 138 valence electrons. The molecule has 0 aliphatic rings. The molecule has 0 fully saturated rings. The van der Waals surface area contributed by atoms with Crippen LogP contribution in [0, 0.1) is 0 Å². The van der Waals surface area contributed by atoms with Crippen molar-refractivity contribution in [3.05, 3.63) is 114 Å². The number of aromatic nitrogens is 3. The van der Waals surface area contributed by atoms with Gasteiger partial charge in [0.1, 0.15) is 0 Å². The molecule has 28 heavy (non-hydrogen) atoms. The van der Waals surface area contributed by atoms with E-state index >= 15 is 0 Å². The summed E-state index contributed by atoms with van der Waals surface area (Å²) in [5.41, 5.74) is 1.65. The lowest BCUT2D eigenvalue weighted by atomic mass is 10.2. The summed E-state index contributed by atoms with van der Waals surface area (Å²) in [6, 6.07) is 34.9. The van der Waals surface area contributed by atoms with E-state index in [-0.39, 0.29) is 5.28 Å². The summed E-state index contributed by atoms with van der Waals surface area (Å²) < 4.78 is 0. The van der Waals surface area contributed by atoms with Crippen LogP contribution < -0.4 is 5.32 Å². The van der Waals surface area contributed by atoms with Crippen molar-refractivity contribution in [1.82, 2.24) is 15.0 Å². The van der Waals surface area contributed by atoms with Gasteiger partial charge in [-0.1, -0.05) is 97.1 Å². The summed E-state index contributed by atoms with van der Waals surface area (Å²) >= 11 is 6.16. The number of nitrogens with one attached hydrogen (secondary N) is 1. The Labute approximate surface area is 169 Å². The molecule has 3 rings (SSSR count). The monoisotopic (exact) mass is 386 g/mol. The van der Waals surface area contributed by atoms with Gasteiger partial charge in [0.25, 0.3) is 0 Å². The lowest BCUT2D eigenvalue weighted by molar-refractivity contribution is 1.06. The first-order valence-corrected chi connectivity index (χ1v) is 9.15. The van der Waals surface area contributed by atoms with Crippen LogP contribution in [0.5, 0.6) is 0 Å². The van der Waals surface area contributed by atoms with E-state index in [9.17, 15) is 0 Å². The molecule has 0 bridgehead atoms. The molecule has 5 heteroatoms. The summed E-state index contributed by atoms with van der Waals surface area (Å²) in [7, 11) is 0. The maximum atomic E-state index is 6.16. The average molecular weight is 387 g/mol. The lowest BCUT2D eigenvalue weighted by Gasteiger charge is -2.06. The second kappa shape index (κ2) is 10.6. The number of halogens is 1. The van der Waals surface area contributed by atoms with Crippen LogP contribution in [-0.2, 0) is 0 Å². The molecule has 0 atom stereocenters. The number of hydrogen-bond donors (Lipinski definition) is 1. The van der Waals surface area contributed by atoms with Gasteiger partial charge in [-0.2, -0.15) is 15.0 Å². The first kappa shape index (κ1) is 19.3. The Morgan fingerprint density at radius 3 is 1.54 bits per heavy atom. The van der Waals surface area contributed by atoms with Gasteiger partial charge in [0.15, 0.2) is 5.82 Å². The highest BCUT2D eigenvalue weighted by molar-refractivity contribution is 6.28. The molecule has 2 aromatic carbocycles. The first-order chi connectivity index (χ1) is 13.8. The molecular weight excluding hydrogens is 368 g/mol. The third kappa shape index (κ3) is 6.34. The van der Waals surface area contributed by atoms with E-state index in [4.69, 9.17) is 11.6 Å². The van der Waals surface area contributed by atoms with Crippen molar-refractivity contribution >= 4 is 23.2 Å². The van der Waals surface area contributed by atoms with E-state index in [2.05, 4.69) is 20.3 Å². The molecule has 0 aliphatic carbocycles. The van der Waals surface area contributed by atoms with Crippen molar-refractivity contribution in [2.45, 2.75) is 0 Å². The molecule has 0 radical (unpaired) electrons. The normalized spacial score (nSPS) is 9.61. The zero-order chi connectivity index (χ0) is 19.4. The van der Waals surface area contributed by atoms with Gasteiger partial charge in [-0.15, -0.1) is 0 Å². The zero-order valence-corrected chi connectivity index (χ0v) is 15.9. The van der Waals surface area contributed by atoms with Crippen molar-refractivity contribution in [3.63, 3.8) is 0 Å². The van der Waals surface area contributed by atoms with Crippen LogP contribution >= 0.6 is 11.6 Å². The van der Waals surface area contributed by atoms with E-state index < -0.39 is 0 Å². The number of hydrogen-bond acceptors (Lipinski definition) is 4. The van der Waals surface area contributed by atoms with Gasteiger partial charge < -0.3 is 5.32 Å². The molecule has 0 aliphatic heterocycles. The van der Waals surface area contributed by atoms with Crippen LogP contribution in [0.15, 0.2) is 109 Å². The molecule has 1 heterocycles. The Hall–Kier alpha value is -3.50. The quantitative estimate of drug-likeness (QED) is 0.583. The maximum absolute atomic E-state index is 6.16. The van der Waals surface area contributed by atoms with Gasteiger partial charge in [0, 0.05) is 11.3 Å².